The van der Waals surface area contributed by atoms with Gasteiger partial charge in [0.2, 0.25) is 0 Å². The number of hydrogen-bond acceptors (Lipinski definition) is 3. The molecule has 1 fully saturated rings. The highest BCUT2D eigenvalue weighted by Gasteiger charge is 2.34. The number of piperazine rings is 1. The third-order valence-electron chi connectivity index (χ3n) is 4.35. The van der Waals surface area contributed by atoms with Crippen molar-refractivity contribution in [1.82, 2.24) is 10.2 Å². The van der Waals surface area contributed by atoms with Gasteiger partial charge in [-0.1, -0.05) is 37.3 Å². The number of rotatable bonds is 5. The van der Waals surface area contributed by atoms with Gasteiger partial charge in [-0.15, -0.1) is 0 Å². The van der Waals surface area contributed by atoms with Gasteiger partial charge in [-0.05, 0) is 18.9 Å². The molecule has 3 atom stereocenters. The molecule has 20 heavy (non-hydrogen) atoms. The van der Waals surface area contributed by atoms with Gasteiger partial charge >= 0.3 is 0 Å². The zero-order valence-electron chi connectivity index (χ0n) is 12.8. The second kappa shape index (κ2) is 6.83. The summed E-state index contributed by atoms with van der Waals surface area (Å²) in [7, 11) is -0.727. The van der Waals surface area contributed by atoms with Crippen LogP contribution in [0.25, 0.3) is 0 Å². The number of nitrogens with zero attached hydrogens (tertiary/aromatic N) is 1. The van der Waals surface area contributed by atoms with Gasteiger partial charge in [0.25, 0.3) is 0 Å². The first-order chi connectivity index (χ1) is 9.54. The Morgan fingerprint density at radius 2 is 2.10 bits per heavy atom. The summed E-state index contributed by atoms with van der Waals surface area (Å²) >= 11 is 0. The average Bonchev–Trinajstić information content (AvgIpc) is 2.46. The van der Waals surface area contributed by atoms with Crippen molar-refractivity contribution >= 4 is 10.8 Å². The van der Waals surface area contributed by atoms with Crippen LogP contribution in [-0.2, 0) is 10.8 Å². The number of nitrogens with one attached hydrogen (secondary N) is 1. The molecular formula is C16H26N2OS. The smallest absolute Gasteiger partial charge is 0.0474 e. The Morgan fingerprint density at radius 3 is 2.70 bits per heavy atom. The minimum atomic E-state index is -0.727. The van der Waals surface area contributed by atoms with E-state index in [2.05, 4.69) is 54.4 Å². The molecule has 0 saturated carbocycles. The maximum atomic E-state index is 11.4. The van der Waals surface area contributed by atoms with E-state index < -0.39 is 10.8 Å². The Kier molecular flexibility index (Phi) is 5.35. The third kappa shape index (κ3) is 3.90. The molecule has 0 aliphatic carbocycles. The van der Waals surface area contributed by atoms with Crippen molar-refractivity contribution in [1.29, 1.82) is 0 Å². The lowest BCUT2D eigenvalue weighted by Gasteiger charge is -2.46. The van der Waals surface area contributed by atoms with E-state index in [1.165, 1.54) is 5.56 Å². The molecule has 0 radical (unpaired) electrons. The van der Waals surface area contributed by atoms with Crippen LogP contribution >= 0.6 is 0 Å². The van der Waals surface area contributed by atoms with Crippen LogP contribution in [0.1, 0.15) is 31.9 Å². The monoisotopic (exact) mass is 294 g/mol. The summed E-state index contributed by atoms with van der Waals surface area (Å²) in [5.41, 5.74) is 1.51. The van der Waals surface area contributed by atoms with Crippen LogP contribution < -0.4 is 5.32 Å². The van der Waals surface area contributed by atoms with Crippen LogP contribution in [0.2, 0.25) is 0 Å². The van der Waals surface area contributed by atoms with E-state index in [4.69, 9.17) is 0 Å². The molecule has 1 N–H and O–H groups in total. The first-order valence-corrected chi connectivity index (χ1v) is 9.11. The quantitative estimate of drug-likeness (QED) is 0.903. The fourth-order valence-corrected chi connectivity index (χ4v) is 3.30. The van der Waals surface area contributed by atoms with Crippen molar-refractivity contribution in [2.45, 2.75) is 31.8 Å². The van der Waals surface area contributed by atoms with E-state index in [1.807, 2.05) is 0 Å². The molecule has 1 saturated heterocycles. The highest BCUT2D eigenvalue weighted by molar-refractivity contribution is 7.84. The Hall–Kier alpha value is -0.710. The molecule has 4 heteroatoms. The summed E-state index contributed by atoms with van der Waals surface area (Å²) in [6, 6.07) is 11.0. The first-order valence-electron chi connectivity index (χ1n) is 7.38. The normalized spacial score (nSPS) is 29.2. The second-order valence-electron chi connectivity index (χ2n) is 5.97. The van der Waals surface area contributed by atoms with Crippen molar-refractivity contribution < 1.29 is 4.21 Å². The van der Waals surface area contributed by atoms with Crippen molar-refractivity contribution in [2.75, 3.05) is 31.6 Å². The maximum absolute atomic E-state index is 11.4. The van der Waals surface area contributed by atoms with Gasteiger partial charge in [0.15, 0.2) is 0 Å². The molecule has 112 valence electrons. The van der Waals surface area contributed by atoms with E-state index in [0.717, 1.165) is 31.8 Å². The molecule has 3 nitrogen and oxygen atoms in total. The molecule has 1 aromatic carbocycles. The summed E-state index contributed by atoms with van der Waals surface area (Å²) in [5, 5.41) is 3.69. The van der Waals surface area contributed by atoms with Crippen molar-refractivity contribution in [3.05, 3.63) is 35.9 Å². The number of benzene rings is 1. The molecule has 0 spiro atoms. The van der Waals surface area contributed by atoms with Crippen LogP contribution in [0.4, 0.5) is 0 Å². The lowest BCUT2D eigenvalue weighted by molar-refractivity contribution is 0.0903. The molecule has 3 unspecified atom stereocenters. The van der Waals surface area contributed by atoms with E-state index in [1.54, 1.807) is 6.26 Å². The highest BCUT2D eigenvalue weighted by Crippen LogP contribution is 2.28. The van der Waals surface area contributed by atoms with Gasteiger partial charge in [0.05, 0.1) is 0 Å². The topological polar surface area (TPSA) is 32.3 Å². The second-order valence-corrected chi connectivity index (χ2v) is 7.52. The minimum absolute atomic E-state index is 0.167. The molecule has 0 bridgehead atoms. The predicted octanol–water partition coefficient (Wildman–Crippen LogP) is 2.18. The van der Waals surface area contributed by atoms with Gasteiger partial charge in [0.1, 0.15) is 0 Å². The van der Waals surface area contributed by atoms with E-state index in [9.17, 15) is 4.21 Å². The third-order valence-corrected chi connectivity index (χ3v) is 5.10. The first kappa shape index (κ1) is 15.7. The SMILES string of the molecule is CCC1(C)CN(CCS(C)=O)C(c2ccccc2)CN1. The molecular weight excluding hydrogens is 268 g/mol. The Morgan fingerprint density at radius 1 is 1.40 bits per heavy atom. The fraction of sp³-hybridized carbons (Fsp3) is 0.625. The Labute approximate surface area is 125 Å². The van der Waals surface area contributed by atoms with Crippen LogP contribution in [0.15, 0.2) is 30.3 Å². The van der Waals surface area contributed by atoms with E-state index in [0.29, 0.717) is 6.04 Å². The Bertz CT molecular complexity index is 451. The fourth-order valence-electron chi connectivity index (χ4n) is 2.81. The number of hydrogen-bond donors (Lipinski definition) is 1. The van der Waals surface area contributed by atoms with Crippen molar-refractivity contribution in [3.63, 3.8) is 0 Å². The van der Waals surface area contributed by atoms with Crippen LogP contribution in [0.3, 0.4) is 0 Å². The molecule has 1 aliphatic rings. The summed E-state index contributed by atoms with van der Waals surface area (Å²) in [6.07, 6.45) is 2.90. The van der Waals surface area contributed by atoms with E-state index in [-0.39, 0.29) is 5.54 Å². The zero-order chi connectivity index (χ0) is 14.6. The van der Waals surface area contributed by atoms with E-state index >= 15 is 0 Å². The van der Waals surface area contributed by atoms with Gasteiger partial charge in [-0.3, -0.25) is 9.11 Å². The molecule has 1 aromatic rings. The average molecular weight is 294 g/mol. The molecule has 1 heterocycles. The standard InChI is InChI=1S/C16H26N2OS/c1-4-16(2)13-18(10-11-20(3)19)15(12-17-16)14-8-6-5-7-9-14/h5-9,15,17H,4,10-13H2,1-3H3. The highest BCUT2D eigenvalue weighted by atomic mass is 32.2. The molecule has 1 aliphatic heterocycles. The molecule has 0 amide bonds. The largest absolute Gasteiger partial charge is 0.308 e. The van der Waals surface area contributed by atoms with Crippen LogP contribution in [0, 0.1) is 0 Å². The summed E-state index contributed by atoms with van der Waals surface area (Å²) < 4.78 is 11.4. The summed E-state index contributed by atoms with van der Waals surface area (Å²) in [4.78, 5) is 2.50. The summed E-state index contributed by atoms with van der Waals surface area (Å²) in [6.45, 7) is 7.39. The zero-order valence-corrected chi connectivity index (χ0v) is 13.6. The summed E-state index contributed by atoms with van der Waals surface area (Å²) in [5.74, 6) is 0.753. The molecule has 2 rings (SSSR count). The minimum Gasteiger partial charge on any atom is -0.308 e. The Balaban J connectivity index is 2.14. The van der Waals surface area contributed by atoms with Crippen LogP contribution in [-0.4, -0.2) is 46.3 Å². The lowest BCUT2D eigenvalue weighted by atomic mass is 9.91. The van der Waals surface area contributed by atoms with Gasteiger partial charge < -0.3 is 5.32 Å². The van der Waals surface area contributed by atoms with Crippen LogP contribution in [0.5, 0.6) is 0 Å². The van der Waals surface area contributed by atoms with Gasteiger partial charge in [0, 0.05) is 54.0 Å². The van der Waals surface area contributed by atoms with Gasteiger partial charge in [-0.25, -0.2) is 0 Å². The van der Waals surface area contributed by atoms with Crippen molar-refractivity contribution in [3.8, 4) is 0 Å². The lowest BCUT2D eigenvalue weighted by Crippen LogP contribution is -2.59. The van der Waals surface area contributed by atoms with Gasteiger partial charge in [-0.2, -0.15) is 0 Å². The predicted molar refractivity (Wildman–Crippen MR) is 86.4 cm³/mol. The van der Waals surface area contributed by atoms with Crippen molar-refractivity contribution in [2.24, 2.45) is 0 Å². The maximum Gasteiger partial charge on any atom is 0.0474 e. The molecule has 0 aromatic heterocycles.